The molecular formula is C15H12BrN3O4S. The molecule has 0 saturated carbocycles. The Morgan fingerprint density at radius 1 is 1.12 bits per heavy atom. The zero-order chi connectivity index (χ0) is 17.6. The van der Waals surface area contributed by atoms with Gasteiger partial charge in [-0.25, -0.2) is 4.83 Å². The molecule has 0 aliphatic heterocycles. The van der Waals surface area contributed by atoms with Crippen molar-refractivity contribution in [2.45, 2.75) is 4.90 Å². The van der Waals surface area contributed by atoms with Crippen LogP contribution in [0.4, 0.5) is 5.69 Å². The summed E-state index contributed by atoms with van der Waals surface area (Å²) in [6, 6.07) is 12.3. The first-order chi connectivity index (χ1) is 11.4. The average molecular weight is 410 g/mol. The molecule has 124 valence electrons. The molecule has 0 saturated heterocycles. The fourth-order valence-corrected chi connectivity index (χ4v) is 2.81. The Balaban J connectivity index is 2.05. The summed E-state index contributed by atoms with van der Waals surface area (Å²) in [6.45, 7) is 0. The summed E-state index contributed by atoms with van der Waals surface area (Å²) in [6.07, 6.45) is 4.08. The number of hydrogen-bond acceptors (Lipinski definition) is 5. The zero-order valence-corrected chi connectivity index (χ0v) is 14.6. The summed E-state index contributed by atoms with van der Waals surface area (Å²) in [4.78, 5) is 12.5. The molecule has 0 aliphatic carbocycles. The molecule has 0 radical (unpaired) electrons. The molecule has 0 amide bonds. The molecular weight excluding hydrogens is 398 g/mol. The quantitative estimate of drug-likeness (QED) is 0.448. The van der Waals surface area contributed by atoms with Gasteiger partial charge in [-0.15, -0.1) is 0 Å². The second-order valence-electron chi connectivity index (χ2n) is 4.50. The second-order valence-corrected chi connectivity index (χ2v) is 7.08. The van der Waals surface area contributed by atoms with Crippen molar-refractivity contribution >= 4 is 43.9 Å². The molecule has 0 atom stereocenters. The van der Waals surface area contributed by atoms with Crippen LogP contribution in [0.5, 0.6) is 0 Å². The molecule has 2 rings (SSSR count). The smallest absolute Gasteiger partial charge is 0.258 e. The summed E-state index contributed by atoms with van der Waals surface area (Å²) >= 11 is 3.22. The molecule has 7 nitrogen and oxygen atoms in total. The Bertz CT molecular complexity index is 893. The minimum atomic E-state index is -3.75. The number of nitro groups is 1. The van der Waals surface area contributed by atoms with Crippen LogP contribution in [0, 0.1) is 10.1 Å². The number of halogens is 1. The molecule has 9 heteroatoms. The number of rotatable bonds is 6. The summed E-state index contributed by atoms with van der Waals surface area (Å²) in [5, 5.41) is 14.5. The van der Waals surface area contributed by atoms with Crippen molar-refractivity contribution in [3.05, 3.63) is 74.8 Å². The van der Waals surface area contributed by atoms with E-state index in [2.05, 4.69) is 25.9 Å². The van der Waals surface area contributed by atoms with E-state index >= 15 is 0 Å². The van der Waals surface area contributed by atoms with Gasteiger partial charge in [0.15, 0.2) is 0 Å². The minimum Gasteiger partial charge on any atom is -0.258 e. The van der Waals surface area contributed by atoms with Crippen molar-refractivity contribution in [1.82, 2.24) is 4.83 Å². The topological polar surface area (TPSA) is 102 Å². The van der Waals surface area contributed by atoms with Crippen LogP contribution in [0.15, 0.2) is 69.1 Å². The van der Waals surface area contributed by atoms with Crippen molar-refractivity contribution in [2.75, 3.05) is 0 Å². The summed E-state index contributed by atoms with van der Waals surface area (Å²) in [5.74, 6) is 0. The first-order valence-corrected chi connectivity index (χ1v) is 8.88. The van der Waals surface area contributed by atoms with Crippen molar-refractivity contribution in [3.63, 3.8) is 0 Å². The molecule has 24 heavy (non-hydrogen) atoms. The fourth-order valence-electron chi connectivity index (χ4n) is 1.75. The van der Waals surface area contributed by atoms with Gasteiger partial charge in [-0.05, 0) is 42.5 Å². The van der Waals surface area contributed by atoms with Gasteiger partial charge in [0.25, 0.3) is 15.7 Å². The monoisotopic (exact) mass is 409 g/mol. The Morgan fingerprint density at radius 3 is 2.46 bits per heavy atom. The number of allylic oxidation sites excluding steroid dienone is 1. The highest BCUT2D eigenvalue weighted by molar-refractivity contribution is 9.10. The van der Waals surface area contributed by atoms with Crippen molar-refractivity contribution in [3.8, 4) is 0 Å². The lowest BCUT2D eigenvalue weighted by atomic mass is 10.2. The molecule has 0 aromatic heterocycles. The van der Waals surface area contributed by atoms with Crippen LogP contribution in [-0.2, 0) is 10.0 Å². The predicted molar refractivity (Wildman–Crippen MR) is 95.1 cm³/mol. The molecule has 0 heterocycles. The molecule has 1 N–H and O–H groups in total. The van der Waals surface area contributed by atoms with Gasteiger partial charge < -0.3 is 0 Å². The Labute approximate surface area is 147 Å². The van der Waals surface area contributed by atoms with Gasteiger partial charge in [-0.2, -0.15) is 13.5 Å². The number of para-hydroxylation sites is 1. The first-order valence-electron chi connectivity index (χ1n) is 6.61. The standard InChI is InChI=1S/C15H12BrN3O4S/c16-13-7-9-14(10-8-13)24(22,23)18-17-11-3-5-12-4-1-2-6-15(12)19(20)21/h1-11,18H/b5-3+,17-11-. The van der Waals surface area contributed by atoms with Gasteiger partial charge >= 0.3 is 0 Å². The fraction of sp³-hybridized carbons (Fsp3) is 0. The van der Waals surface area contributed by atoms with E-state index < -0.39 is 14.9 Å². The number of nitro benzene ring substituents is 1. The molecule has 0 aliphatic rings. The Morgan fingerprint density at radius 2 is 1.79 bits per heavy atom. The van der Waals surface area contributed by atoms with E-state index in [4.69, 9.17) is 0 Å². The van der Waals surface area contributed by atoms with E-state index in [0.717, 1.165) is 4.47 Å². The van der Waals surface area contributed by atoms with Crippen molar-refractivity contribution < 1.29 is 13.3 Å². The van der Waals surface area contributed by atoms with Crippen LogP contribution in [0.1, 0.15) is 5.56 Å². The van der Waals surface area contributed by atoms with Gasteiger partial charge in [0.2, 0.25) is 0 Å². The maximum atomic E-state index is 12.0. The molecule has 0 bridgehead atoms. The van der Waals surface area contributed by atoms with E-state index in [1.165, 1.54) is 36.6 Å². The van der Waals surface area contributed by atoms with E-state index in [1.54, 1.807) is 30.3 Å². The van der Waals surface area contributed by atoms with Gasteiger partial charge in [-0.1, -0.05) is 28.1 Å². The van der Waals surface area contributed by atoms with Crippen LogP contribution >= 0.6 is 15.9 Å². The number of sulfonamides is 1. The summed E-state index contributed by atoms with van der Waals surface area (Å²) < 4.78 is 24.7. The third-order valence-corrected chi connectivity index (χ3v) is 4.63. The van der Waals surface area contributed by atoms with E-state index in [9.17, 15) is 18.5 Å². The highest BCUT2D eigenvalue weighted by Crippen LogP contribution is 2.18. The third-order valence-electron chi connectivity index (χ3n) is 2.87. The molecule has 0 fully saturated rings. The SMILES string of the molecule is O=[N+]([O-])c1ccccc1/C=C/C=N\NS(=O)(=O)c1ccc(Br)cc1. The van der Waals surface area contributed by atoms with Crippen molar-refractivity contribution in [2.24, 2.45) is 5.10 Å². The number of benzene rings is 2. The number of nitrogens with one attached hydrogen (secondary N) is 1. The third kappa shape index (κ3) is 4.74. The highest BCUT2D eigenvalue weighted by atomic mass is 79.9. The van der Waals surface area contributed by atoms with Crippen LogP contribution in [0.3, 0.4) is 0 Å². The van der Waals surface area contributed by atoms with E-state index in [0.29, 0.717) is 5.56 Å². The number of hydrazone groups is 1. The number of nitrogens with zero attached hydrogens (tertiary/aromatic N) is 2. The minimum absolute atomic E-state index is 0.0439. The summed E-state index contributed by atoms with van der Waals surface area (Å²) in [7, 11) is -3.75. The van der Waals surface area contributed by atoms with Crippen LogP contribution in [0.25, 0.3) is 6.08 Å². The normalized spacial score (nSPS) is 11.9. The second kappa shape index (κ2) is 7.84. The summed E-state index contributed by atoms with van der Waals surface area (Å²) in [5.41, 5.74) is 0.349. The average Bonchev–Trinajstić information content (AvgIpc) is 2.55. The highest BCUT2D eigenvalue weighted by Gasteiger charge is 2.11. The van der Waals surface area contributed by atoms with Gasteiger partial charge in [0, 0.05) is 16.8 Å². The van der Waals surface area contributed by atoms with Crippen LogP contribution in [0.2, 0.25) is 0 Å². The van der Waals surface area contributed by atoms with Crippen molar-refractivity contribution in [1.29, 1.82) is 0 Å². The van der Waals surface area contributed by atoms with Gasteiger partial charge in [0.1, 0.15) is 0 Å². The van der Waals surface area contributed by atoms with Crippen LogP contribution in [-0.4, -0.2) is 19.6 Å². The van der Waals surface area contributed by atoms with E-state index in [1.807, 2.05) is 0 Å². The van der Waals surface area contributed by atoms with Crippen LogP contribution < -0.4 is 4.83 Å². The number of hydrogen-bond donors (Lipinski definition) is 1. The molecule has 0 unspecified atom stereocenters. The zero-order valence-electron chi connectivity index (χ0n) is 12.2. The Hall–Kier alpha value is -2.52. The maximum absolute atomic E-state index is 12.0. The lowest BCUT2D eigenvalue weighted by Gasteiger charge is -2.02. The van der Waals surface area contributed by atoms with Gasteiger partial charge in [0.05, 0.1) is 15.4 Å². The lowest BCUT2D eigenvalue weighted by Crippen LogP contribution is -2.17. The maximum Gasteiger partial charge on any atom is 0.276 e. The van der Waals surface area contributed by atoms with E-state index in [-0.39, 0.29) is 10.6 Å². The molecule has 2 aromatic carbocycles. The largest absolute Gasteiger partial charge is 0.276 e. The van der Waals surface area contributed by atoms with Gasteiger partial charge in [-0.3, -0.25) is 10.1 Å². The lowest BCUT2D eigenvalue weighted by molar-refractivity contribution is -0.385. The first kappa shape index (κ1) is 17.8. The molecule has 0 spiro atoms. The Kier molecular flexibility index (Phi) is 5.83. The molecule has 2 aromatic rings. The predicted octanol–water partition coefficient (Wildman–Crippen LogP) is 3.33.